The van der Waals surface area contributed by atoms with Crippen LogP contribution in [0.15, 0.2) is 29.1 Å². The molecule has 3 rings (SSSR count). The first-order chi connectivity index (χ1) is 9.65. The number of aromatic nitrogens is 1. The molecule has 2 N–H and O–H groups in total. The van der Waals surface area contributed by atoms with E-state index in [9.17, 15) is 9.59 Å². The van der Waals surface area contributed by atoms with Crippen LogP contribution in [0.1, 0.15) is 0 Å². The lowest BCUT2D eigenvalue weighted by Crippen LogP contribution is -2.52. The third kappa shape index (κ3) is 2.47. The number of amides is 1. The fourth-order valence-electron chi connectivity index (χ4n) is 2.37. The Morgan fingerprint density at radius 2 is 1.90 bits per heavy atom. The van der Waals surface area contributed by atoms with Crippen LogP contribution < -0.4 is 10.7 Å². The molecule has 1 fully saturated rings. The number of hydrogen-bond donors (Lipinski definition) is 1. The number of piperazine rings is 1. The van der Waals surface area contributed by atoms with Gasteiger partial charge in [-0.1, -0.05) is 23.5 Å². The highest BCUT2D eigenvalue weighted by molar-refractivity contribution is 7.16. The summed E-state index contributed by atoms with van der Waals surface area (Å²) < 4.78 is 2.47. The van der Waals surface area contributed by atoms with Crippen molar-refractivity contribution < 1.29 is 4.79 Å². The minimum absolute atomic E-state index is 0.0243. The summed E-state index contributed by atoms with van der Waals surface area (Å²) in [7, 11) is 0. The molecule has 0 bridgehead atoms. The van der Waals surface area contributed by atoms with Crippen LogP contribution in [0, 0.1) is 0 Å². The molecule has 1 aromatic heterocycles. The number of para-hydroxylation sites is 1. The molecular weight excluding hydrogens is 276 g/mol. The topological polar surface area (TPSA) is 71.6 Å². The summed E-state index contributed by atoms with van der Waals surface area (Å²) in [6, 6.07) is 7.54. The summed E-state index contributed by atoms with van der Waals surface area (Å²) >= 11 is 1.18. The zero-order valence-electron chi connectivity index (χ0n) is 11.0. The molecule has 0 aliphatic carbocycles. The second-order valence-corrected chi connectivity index (χ2v) is 5.83. The van der Waals surface area contributed by atoms with Gasteiger partial charge in [-0.3, -0.25) is 20.0 Å². The van der Waals surface area contributed by atoms with Crippen LogP contribution in [-0.4, -0.2) is 46.6 Å². The van der Waals surface area contributed by atoms with Crippen molar-refractivity contribution in [2.24, 2.45) is 5.84 Å². The number of thiazole rings is 1. The molecule has 7 heteroatoms. The van der Waals surface area contributed by atoms with Gasteiger partial charge in [-0.2, -0.15) is 0 Å². The molecule has 1 amide bonds. The van der Waals surface area contributed by atoms with E-state index in [-0.39, 0.29) is 17.3 Å². The number of carbonyl (C=O) groups is 1. The van der Waals surface area contributed by atoms with Crippen LogP contribution in [0.4, 0.5) is 0 Å². The minimum Gasteiger partial charge on any atom is -0.338 e. The molecule has 0 unspecified atom stereocenters. The van der Waals surface area contributed by atoms with Crippen molar-refractivity contribution in [2.75, 3.05) is 26.2 Å². The van der Waals surface area contributed by atoms with Crippen LogP contribution in [0.2, 0.25) is 0 Å². The van der Waals surface area contributed by atoms with Crippen LogP contribution in [0.25, 0.3) is 10.2 Å². The van der Waals surface area contributed by atoms with Gasteiger partial charge in [-0.15, -0.1) is 0 Å². The molecule has 0 atom stereocenters. The average Bonchev–Trinajstić information content (AvgIpc) is 2.76. The van der Waals surface area contributed by atoms with Crippen molar-refractivity contribution in [3.8, 4) is 0 Å². The number of hydrazine groups is 1. The molecule has 2 heterocycles. The van der Waals surface area contributed by atoms with Gasteiger partial charge in [0.15, 0.2) is 0 Å². The number of benzene rings is 1. The van der Waals surface area contributed by atoms with Crippen LogP contribution in [-0.2, 0) is 11.3 Å². The van der Waals surface area contributed by atoms with E-state index >= 15 is 0 Å². The molecule has 106 valence electrons. The maximum Gasteiger partial charge on any atom is 0.308 e. The quantitative estimate of drug-likeness (QED) is 0.796. The number of nitrogens with two attached hydrogens (primary N) is 1. The Balaban J connectivity index is 1.81. The Hall–Kier alpha value is -1.70. The largest absolute Gasteiger partial charge is 0.338 e. The first-order valence-corrected chi connectivity index (χ1v) is 7.32. The van der Waals surface area contributed by atoms with Gasteiger partial charge < -0.3 is 4.90 Å². The molecule has 0 spiro atoms. The summed E-state index contributed by atoms with van der Waals surface area (Å²) in [6.45, 7) is 2.68. The van der Waals surface area contributed by atoms with Gasteiger partial charge in [0, 0.05) is 26.2 Å². The summed E-state index contributed by atoms with van der Waals surface area (Å²) in [5.74, 6) is 5.65. The zero-order valence-corrected chi connectivity index (χ0v) is 11.8. The molecule has 1 aliphatic heterocycles. The van der Waals surface area contributed by atoms with Crippen molar-refractivity contribution in [3.63, 3.8) is 0 Å². The van der Waals surface area contributed by atoms with E-state index < -0.39 is 0 Å². The number of fused-ring (bicyclic) bond motifs is 1. The minimum atomic E-state index is -0.0861. The number of rotatable bonds is 2. The highest BCUT2D eigenvalue weighted by Crippen LogP contribution is 2.16. The van der Waals surface area contributed by atoms with Gasteiger partial charge in [-0.05, 0) is 12.1 Å². The van der Waals surface area contributed by atoms with Gasteiger partial charge in [-0.25, -0.2) is 5.01 Å². The van der Waals surface area contributed by atoms with E-state index in [1.807, 2.05) is 24.3 Å². The third-order valence-electron chi connectivity index (χ3n) is 3.53. The number of hydrogen-bond acceptors (Lipinski definition) is 5. The standard InChI is InChI=1S/C13H16N4O2S/c14-16-7-5-15(6-8-16)12(18)9-17-10-3-1-2-4-11(10)20-13(17)19/h1-4H,5-9,14H2. The van der Waals surface area contributed by atoms with Gasteiger partial charge in [0.2, 0.25) is 5.91 Å². The van der Waals surface area contributed by atoms with E-state index in [0.717, 1.165) is 10.2 Å². The lowest BCUT2D eigenvalue weighted by molar-refractivity contribution is -0.133. The Bertz CT molecular complexity index is 685. The Kier molecular flexibility index (Phi) is 3.56. The van der Waals surface area contributed by atoms with Crippen LogP contribution in [0.5, 0.6) is 0 Å². The smallest absolute Gasteiger partial charge is 0.308 e. The Labute approximate surface area is 120 Å². The summed E-state index contributed by atoms with van der Waals surface area (Å²) in [6.07, 6.45) is 0. The number of nitrogens with zero attached hydrogens (tertiary/aromatic N) is 3. The normalized spacial score (nSPS) is 16.8. The summed E-state index contributed by atoms with van der Waals surface area (Å²) in [5, 5.41) is 1.70. The van der Waals surface area contributed by atoms with Crippen molar-refractivity contribution >= 4 is 27.5 Å². The monoisotopic (exact) mass is 292 g/mol. The SMILES string of the molecule is NN1CCN(C(=O)Cn2c(=O)sc3ccccc32)CC1. The number of carbonyl (C=O) groups excluding carboxylic acids is 1. The van der Waals surface area contributed by atoms with Crippen molar-refractivity contribution in [3.05, 3.63) is 33.9 Å². The fraction of sp³-hybridized carbons (Fsp3) is 0.385. The molecule has 6 nitrogen and oxygen atoms in total. The predicted octanol–water partition coefficient (Wildman–Crippen LogP) is 0.0809. The van der Waals surface area contributed by atoms with Crippen LogP contribution in [0.3, 0.4) is 0 Å². The lowest BCUT2D eigenvalue weighted by Gasteiger charge is -2.32. The fourth-order valence-corrected chi connectivity index (χ4v) is 3.26. The van der Waals surface area contributed by atoms with E-state index in [1.165, 1.54) is 11.3 Å². The average molecular weight is 292 g/mol. The van der Waals surface area contributed by atoms with Gasteiger partial charge in [0.25, 0.3) is 0 Å². The highest BCUT2D eigenvalue weighted by Gasteiger charge is 2.20. The Morgan fingerprint density at radius 1 is 1.20 bits per heavy atom. The Morgan fingerprint density at radius 3 is 2.65 bits per heavy atom. The summed E-state index contributed by atoms with van der Waals surface area (Å²) in [4.78, 5) is 26.0. The zero-order chi connectivity index (χ0) is 14.1. The molecule has 1 aliphatic rings. The van der Waals surface area contributed by atoms with E-state index in [4.69, 9.17) is 5.84 Å². The van der Waals surface area contributed by atoms with Crippen molar-refractivity contribution in [1.82, 2.24) is 14.5 Å². The van der Waals surface area contributed by atoms with Gasteiger partial charge in [0.1, 0.15) is 6.54 Å². The third-order valence-corrected chi connectivity index (χ3v) is 4.49. The van der Waals surface area contributed by atoms with E-state index in [2.05, 4.69) is 0 Å². The summed E-state index contributed by atoms with van der Waals surface area (Å²) in [5.41, 5.74) is 0.827. The van der Waals surface area contributed by atoms with E-state index in [1.54, 1.807) is 14.5 Å². The molecule has 1 aromatic carbocycles. The molecule has 0 radical (unpaired) electrons. The molecule has 0 saturated carbocycles. The lowest BCUT2D eigenvalue weighted by atomic mass is 10.3. The van der Waals surface area contributed by atoms with Gasteiger partial charge >= 0.3 is 4.87 Å². The second kappa shape index (κ2) is 5.35. The van der Waals surface area contributed by atoms with Gasteiger partial charge in [0.05, 0.1) is 10.2 Å². The van der Waals surface area contributed by atoms with Crippen LogP contribution >= 0.6 is 11.3 Å². The molecular formula is C13H16N4O2S. The molecule has 1 saturated heterocycles. The van der Waals surface area contributed by atoms with Crippen molar-refractivity contribution in [2.45, 2.75) is 6.54 Å². The highest BCUT2D eigenvalue weighted by atomic mass is 32.1. The van der Waals surface area contributed by atoms with Crippen molar-refractivity contribution in [1.29, 1.82) is 0 Å². The van der Waals surface area contributed by atoms with E-state index in [0.29, 0.717) is 26.2 Å². The first-order valence-electron chi connectivity index (χ1n) is 6.51. The first kappa shape index (κ1) is 13.3. The maximum atomic E-state index is 12.3. The molecule has 2 aromatic rings. The molecule has 20 heavy (non-hydrogen) atoms. The second-order valence-electron chi connectivity index (χ2n) is 4.84. The maximum absolute atomic E-state index is 12.3. The predicted molar refractivity (Wildman–Crippen MR) is 78.4 cm³/mol.